The van der Waals surface area contributed by atoms with Gasteiger partial charge in [0.05, 0.1) is 13.7 Å². The number of amides is 1. The van der Waals surface area contributed by atoms with Gasteiger partial charge in [0.15, 0.2) is 11.6 Å². The number of methoxy groups -OCH3 is 1. The summed E-state index contributed by atoms with van der Waals surface area (Å²) < 4.78 is 24.0. The molecule has 0 N–H and O–H groups in total. The molecule has 25 heavy (non-hydrogen) atoms. The van der Waals surface area contributed by atoms with Crippen LogP contribution in [0.4, 0.5) is 4.39 Å². The second kappa shape index (κ2) is 9.06. The SMILES string of the molecule is CCOc1ccc(CN(C)C(=O)CCc2ccc(OC)c(F)c2)cc1. The highest BCUT2D eigenvalue weighted by molar-refractivity contribution is 5.76. The van der Waals surface area contributed by atoms with Crippen molar-refractivity contribution in [3.63, 3.8) is 0 Å². The first kappa shape index (κ1) is 18.8. The van der Waals surface area contributed by atoms with Crippen LogP contribution in [0, 0.1) is 5.82 Å². The molecule has 0 heterocycles. The van der Waals surface area contributed by atoms with E-state index in [4.69, 9.17) is 9.47 Å². The van der Waals surface area contributed by atoms with Gasteiger partial charge in [-0.15, -0.1) is 0 Å². The Labute approximate surface area is 148 Å². The molecule has 0 unspecified atom stereocenters. The van der Waals surface area contributed by atoms with Crippen LogP contribution in [0.15, 0.2) is 42.5 Å². The van der Waals surface area contributed by atoms with Crippen LogP contribution in [-0.4, -0.2) is 31.6 Å². The van der Waals surface area contributed by atoms with Crippen molar-refractivity contribution < 1.29 is 18.7 Å². The summed E-state index contributed by atoms with van der Waals surface area (Å²) in [5.74, 6) is 0.643. The molecular weight excluding hydrogens is 321 g/mol. The zero-order valence-corrected chi connectivity index (χ0v) is 14.9. The molecule has 2 aromatic rings. The van der Waals surface area contributed by atoms with Gasteiger partial charge >= 0.3 is 0 Å². The fraction of sp³-hybridized carbons (Fsp3) is 0.350. The van der Waals surface area contributed by atoms with Gasteiger partial charge in [0.25, 0.3) is 0 Å². The molecule has 1 amide bonds. The molecular formula is C20H24FNO3. The minimum atomic E-state index is -0.407. The van der Waals surface area contributed by atoms with Crippen LogP contribution in [0.25, 0.3) is 0 Å². The smallest absolute Gasteiger partial charge is 0.222 e. The lowest BCUT2D eigenvalue weighted by molar-refractivity contribution is -0.130. The van der Waals surface area contributed by atoms with Gasteiger partial charge < -0.3 is 14.4 Å². The molecule has 0 fully saturated rings. The summed E-state index contributed by atoms with van der Waals surface area (Å²) in [5, 5.41) is 0. The Morgan fingerprint density at radius 1 is 1.12 bits per heavy atom. The molecule has 0 saturated heterocycles. The maximum atomic E-state index is 13.7. The second-order valence-electron chi connectivity index (χ2n) is 5.80. The first-order valence-electron chi connectivity index (χ1n) is 8.31. The highest BCUT2D eigenvalue weighted by Crippen LogP contribution is 2.19. The number of hydrogen-bond donors (Lipinski definition) is 0. The van der Waals surface area contributed by atoms with E-state index in [9.17, 15) is 9.18 Å². The molecule has 2 aromatic carbocycles. The van der Waals surface area contributed by atoms with E-state index in [1.807, 2.05) is 31.2 Å². The molecule has 0 bridgehead atoms. The Bertz CT molecular complexity index is 701. The van der Waals surface area contributed by atoms with Crippen LogP contribution in [0.3, 0.4) is 0 Å². The highest BCUT2D eigenvalue weighted by atomic mass is 19.1. The van der Waals surface area contributed by atoms with Gasteiger partial charge in [-0.2, -0.15) is 0 Å². The lowest BCUT2D eigenvalue weighted by Crippen LogP contribution is -2.26. The number of nitrogens with zero attached hydrogens (tertiary/aromatic N) is 1. The van der Waals surface area contributed by atoms with Crippen molar-refractivity contribution >= 4 is 5.91 Å². The van der Waals surface area contributed by atoms with Crippen molar-refractivity contribution in [3.05, 3.63) is 59.4 Å². The van der Waals surface area contributed by atoms with Crippen molar-refractivity contribution in [1.82, 2.24) is 4.90 Å². The number of benzene rings is 2. The van der Waals surface area contributed by atoms with E-state index in [0.717, 1.165) is 16.9 Å². The van der Waals surface area contributed by atoms with Crippen molar-refractivity contribution in [1.29, 1.82) is 0 Å². The number of halogens is 1. The Kier molecular flexibility index (Phi) is 6.81. The maximum Gasteiger partial charge on any atom is 0.222 e. The van der Waals surface area contributed by atoms with E-state index in [-0.39, 0.29) is 11.7 Å². The Morgan fingerprint density at radius 3 is 2.40 bits per heavy atom. The van der Waals surface area contributed by atoms with Crippen molar-refractivity contribution in [2.45, 2.75) is 26.3 Å². The summed E-state index contributed by atoms with van der Waals surface area (Å²) in [7, 11) is 3.20. The predicted molar refractivity (Wildman–Crippen MR) is 95.4 cm³/mol. The van der Waals surface area contributed by atoms with Crippen molar-refractivity contribution in [2.24, 2.45) is 0 Å². The third-order valence-electron chi connectivity index (χ3n) is 3.92. The first-order valence-corrected chi connectivity index (χ1v) is 8.31. The quantitative estimate of drug-likeness (QED) is 0.730. The molecule has 0 saturated carbocycles. The van der Waals surface area contributed by atoms with Gasteiger partial charge in [0.1, 0.15) is 5.75 Å². The largest absolute Gasteiger partial charge is 0.494 e. The molecule has 0 aliphatic carbocycles. The maximum absolute atomic E-state index is 13.7. The summed E-state index contributed by atoms with van der Waals surface area (Å²) in [6, 6.07) is 12.5. The van der Waals surface area contributed by atoms with E-state index >= 15 is 0 Å². The Hall–Kier alpha value is -2.56. The van der Waals surface area contributed by atoms with Gasteiger partial charge in [0.2, 0.25) is 5.91 Å². The first-order chi connectivity index (χ1) is 12.0. The van der Waals surface area contributed by atoms with E-state index < -0.39 is 5.82 Å². The zero-order valence-electron chi connectivity index (χ0n) is 14.9. The average Bonchev–Trinajstić information content (AvgIpc) is 2.61. The number of ether oxygens (including phenoxy) is 2. The normalized spacial score (nSPS) is 10.4. The minimum absolute atomic E-state index is 0.0186. The molecule has 0 atom stereocenters. The molecule has 2 rings (SSSR count). The predicted octanol–water partition coefficient (Wildman–Crippen LogP) is 3.82. The van der Waals surface area contributed by atoms with Crippen LogP contribution in [0.2, 0.25) is 0 Å². The van der Waals surface area contributed by atoms with Gasteiger partial charge in [-0.3, -0.25) is 4.79 Å². The Morgan fingerprint density at radius 2 is 1.80 bits per heavy atom. The fourth-order valence-electron chi connectivity index (χ4n) is 2.53. The summed E-state index contributed by atoms with van der Waals surface area (Å²) in [4.78, 5) is 14.0. The lowest BCUT2D eigenvalue weighted by atomic mass is 10.1. The molecule has 0 aliphatic heterocycles. The molecule has 0 spiro atoms. The third-order valence-corrected chi connectivity index (χ3v) is 3.92. The van der Waals surface area contributed by atoms with Crippen molar-refractivity contribution in [2.75, 3.05) is 20.8 Å². The summed E-state index contributed by atoms with van der Waals surface area (Å²) >= 11 is 0. The van der Waals surface area contributed by atoms with E-state index in [1.54, 1.807) is 24.1 Å². The number of rotatable bonds is 8. The zero-order chi connectivity index (χ0) is 18.2. The van der Waals surface area contributed by atoms with Crippen LogP contribution in [0.5, 0.6) is 11.5 Å². The van der Waals surface area contributed by atoms with Gasteiger partial charge in [0, 0.05) is 20.0 Å². The van der Waals surface area contributed by atoms with Gasteiger partial charge in [-0.25, -0.2) is 4.39 Å². The van der Waals surface area contributed by atoms with Gasteiger partial charge in [-0.1, -0.05) is 18.2 Å². The summed E-state index contributed by atoms with van der Waals surface area (Å²) in [6.07, 6.45) is 0.826. The van der Waals surface area contributed by atoms with Crippen LogP contribution in [-0.2, 0) is 17.8 Å². The summed E-state index contributed by atoms with van der Waals surface area (Å²) in [5.41, 5.74) is 1.82. The topological polar surface area (TPSA) is 38.8 Å². The third kappa shape index (κ3) is 5.48. The van der Waals surface area contributed by atoms with Crippen molar-refractivity contribution in [3.8, 4) is 11.5 Å². The molecule has 4 nitrogen and oxygen atoms in total. The van der Waals surface area contributed by atoms with Crippen LogP contribution >= 0.6 is 0 Å². The minimum Gasteiger partial charge on any atom is -0.494 e. The van der Waals surface area contributed by atoms with Crippen LogP contribution in [0.1, 0.15) is 24.5 Å². The van der Waals surface area contributed by atoms with Gasteiger partial charge in [-0.05, 0) is 48.7 Å². The van der Waals surface area contributed by atoms with E-state index in [0.29, 0.717) is 26.0 Å². The monoisotopic (exact) mass is 345 g/mol. The van der Waals surface area contributed by atoms with E-state index in [1.165, 1.54) is 13.2 Å². The molecule has 0 aliphatic rings. The second-order valence-corrected chi connectivity index (χ2v) is 5.80. The number of hydrogen-bond acceptors (Lipinski definition) is 3. The number of aryl methyl sites for hydroxylation is 1. The molecule has 0 aromatic heterocycles. The lowest BCUT2D eigenvalue weighted by Gasteiger charge is -2.17. The number of carbonyl (C=O) groups excluding carboxylic acids is 1. The Balaban J connectivity index is 1.86. The summed E-state index contributed by atoms with van der Waals surface area (Å²) in [6.45, 7) is 3.10. The molecule has 0 radical (unpaired) electrons. The number of carbonyl (C=O) groups is 1. The molecule has 5 heteroatoms. The highest BCUT2D eigenvalue weighted by Gasteiger charge is 2.11. The average molecular weight is 345 g/mol. The molecule has 134 valence electrons. The standard InChI is InChI=1S/C20H24FNO3/c1-4-25-17-9-5-16(6-10-17)14-22(2)20(23)12-8-15-7-11-19(24-3)18(21)13-15/h5-7,9-11,13H,4,8,12,14H2,1-3H3. The fourth-order valence-corrected chi connectivity index (χ4v) is 2.53. The van der Waals surface area contributed by atoms with E-state index in [2.05, 4.69) is 0 Å². The van der Waals surface area contributed by atoms with Crippen LogP contribution < -0.4 is 9.47 Å².